The van der Waals surface area contributed by atoms with Crippen molar-refractivity contribution in [3.8, 4) is 5.75 Å². The number of amides is 1. The molecule has 19 heavy (non-hydrogen) atoms. The van der Waals surface area contributed by atoms with Crippen molar-refractivity contribution in [3.05, 3.63) is 35.7 Å². The molecule has 0 radical (unpaired) electrons. The van der Waals surface area contributed by atoms with Crippen LogP contribution in [0.5, 0.6) is 5.75 Å². The number of methoxy groups -OCH3 is 1. The fraction of sp³-hybridized carbons (Fsp3) is 0.250. The molecule has 7 heteroatoms. The molecule has 0 unspecified atom stereocenters. The predicted molar refractivity (Wildman–Crippen MR) is 69.7 cm³/mol. The number of rotatable bonds is 4. The molecular formula is C12H15N5O2. The van der Waals surface area contributed by atoms with Gasteiger partial charge in [0.1, 0.15) is 5.75 Å². The normalized spacial score (nSPS) is 11.9. The lowest BCUT2D eigenvalue weighted by atomic mass is 10.1. The fourth-order valence-corrected chi connectivity index (χ4v) is 1.62. The third-order valence-electron chi connectivity index (χ3n) is 2.68. The largest absolute Gasteiger partial charge is 0.497 e. The number of hydrogen-bond donors (Lipinski definition) is 3. The first kappa shape index (κ1) is 12.9. The van der Waals surface area contributed by atoms with E-state index in [2.05, 4.69) is 20.5 Å². The molecule has 2 rings (SSSR count). The number of H-pyrrole nitrogens is 1. The second-order valence-electron chi connectivity index (χ2n) is 4.01. The third kappa shape index (κ3) is 3.01. The fourth-order valence-electron chi connectivity index (χ4n) is 1.62. The zero-order valence-electron chi connectivity index (χ0n) is 10.7. The lowest BCUT2D eigenvalue weighted by Crippen LogP contribution is -2.27. The van der Waals surface area contributed by atoms with Gasteiger partial charge in [-0.1, -0.05) is 12.1 Å². The summed E-state index contributed by atoms with van der Waals surface area (Å²) >= 11 is 0. The van der Waals surface area contributed by atoms with Crippen LogP contribution in [0.2, 0.25) is 0 Å². The zero-order chi connectivity index (χ0) is 13.8. The SMILES string of the molecule is COc1ccc([C@@H](C)NC(=O)c2nc(N)n[nH]2)cc1. The quantitative estimate of drug-likeness (QED) is 0.757. The average Bonchev–Trinajstić information content (AvgIpc) is 2.85. The summed E-state index contributed by atoms with van der Waals surface area (Å²) in [6.07, 6.45) is 0. The summed E-state index contributed by atoms with van der Waals surface area (Å²) in [6, 6.07) is 7.29. The summed E-state index contributed by atoms with van der Waals surface area (Å²) < 4.78 is 5.08. The van der Waals surface area contributed by atoms with Gasteiger partial charge in [-0.15, -0.1) is 5.10 Å². The lowest BCUT2D eigenvalue weighted by molar-refractivity contribution is 0.0930. The van der Waals surface area contributed by atoms with E-state index < -0.39 is 0 Å². The number of aromatic nitrogens is 3. The molecule has 2 aromatic rings. The van der Waals surface area contributed by atoms with Crippen LogP contribution < -0.4 is 15.8 Å². The van der Waals surface area contributed by atoms with E-state index in [1.807, 2.05) is 31.2 Å². The van der Waals surface area contributed by atoms with Crippen LogP contribution in [-0.4, -0.2) is 28.2 Å². The van der Waals surface area contributed by atoms with E-state index in [0.717, 1.165) is 11.3 Å². The Morgan fingerprint density at radius 3 is 2.63 bits per heavy atom. The highest BCUT2D eigenvalue weighted by molar-refractivity contribution is 5.90. The maximum atomic E-state index is 11.8. The first-order valence-electron chi connectivity index (χ1n) is 5.73. The molecule has 0 aliphatic carbocycles. The van der Waals surface area contributed by atoms with E-state index >= 15 is 0 Å². The van der Waals surface area contributed by atoms with Gasteiger partial charge < -0.3 is 15.8 Å². The molecular weight excluding hydrogens is 246 g/mol. The monoisotopic (exact) mass is 261 g/mol. The Morgan fingerprint density at radius 1 is 1.42 bits per heavy atom. The van der Waals surface area contributed by atoms with Crippen molar-refractivity contribution in [3.63, 3.8) is 0 Å². The Labute approximate surface area is 110 Å². The molecule has 0 saturated carbocycles. The number of nitrogen functional groups attached to an aromatic ring is 1. The smallest absolute Gasteiger partial charge is 0.289 e. The molecule has 1 amide bonds. The molecule has 0 bridgehead atoms. The number of aromatic amines is 1. The van der Waals surface area contributed by atoms with Crippen LogP contribution in [0.3, 0.4) is 0 Å². The first-order chi connectivity index (χ1) is 9.10. The summed E-state index contributed by atoms with van der Waals surface area (Å²) in [6.45, 7) is 1.87. The minimum atomic E-state index is -0.354. The topological polar surface area (TPSA) is 106 Å². The number of hydrogen-bond acceptors (Lipinski definition) is 5. The number of carbonyl (C=O) groups is 1. The minimum absolute atomic E-state index is 0.0438. The van der Waals surface area contributed by atoms with E-state index in [4.69, 9.17) is 10.5 Å². The second-order valence-corrected chi connectivity index (χ2v) is 4.01. The van der Waals surface area contributed by atoms with Gasteiger partial charge in [-0.25, -0.2) is 0 Å². The van der Waals surface area contributed by atoms with Gasteiger partial charge in [0.05, 0.1) is 13.2 Å². The molecule has 1 atom stereocenters. The maximum Gasteiger partial charge on any atom is 0.289 e. The third-order valence-corrected chi connectivity index (χ3v) is 2.68. The molecule has 4 N–H and O–H groups in total. The molecule has 1 heterocycles. The number of ether oxygens (including phenoxy) is 1. The van der Waals surface area contributed by atoms with Crippen molar-refractivity contribution in [1.29, 1.82) is 0 Å². The summed E-state index contributed by atoms with van der Waals surface area (Å²) in [4.78, 5) is 15.6. The molecule has 0 spiro atoms. The van der Waals surface area contributed by atoms with E-state index in [-0.39, 0.29) is 23.7 Å². The van der Waals surface area contributed by atoms with Crippen LogP contribution in [0.15, 0.2) is 24.3 Å². The Kier molecular flexibility index (Phi) is 3.65. The van der Waals surface area contributed by atoms with Crippen molar-refractivity contribution in [2.75, 3.05) is 12.8 Å². The highest BCUT2D eigenvalue weighted by Crippen LogP contribution is 2.17. The van der Waals surface area contributed by atoms with Gasteiger partial charge in [0, 0.05) is 0 Å². The molecule has 0 fully saturated rings. The molecule has 7 nitrogen and oxygen atoms in total. The predicted octanol–water partition coefficient (Wildman–Crippen LogP) is 0.886. The van der Waals surface area contributed by atoms with Gasteiger partial charge in [0.2, 0.25) is 11.8 Å². The van der Waals surface area contributed by atoms with Crippen LogP contribution >= 0.6 is 0 Å². The number of benzene rings is 1. The van der Waals surface area contributed by atoms with Crippen LogP contribution in [0.1, 0.15) is 29.1 Å². The number of nitrogens with one attached hydrogen (secondary N) is 2. The van der Waals surface area contributed by atoms with Crippen molar-refractivity contribution < 1.29 is 9.53 Å². The Hall–Kier alpha value is -2.57. The van der Waals surface area contributed by atoms with Crippen LogP contribution in [0.4, 0.5) is 5.95 Å². The van der Waals surface area contributed by atoms with E-state index in [0.29, 0.717) is 0 Å². The van der Waals surface area contributed by atoms with Gasteiger partial charge in [-0.05, 0) is 24.6 Å². The van der Waals surface area contributed by atoms with Crippen molar-refractivity contribution in [2.24, 2.45) is 0 Å². The van der Waals surface area contributed by atoms with E-state index in [9.17, 15) is 4.79 Å². The van der Waals surface area contributed by atoms with Crippen LogP contribution in [0.25, 0.3) is 0 Å². The Balaban J connectivity index is 2.03. The van der Waals surface area contributed by atoms with Crippen molar-refractivity contribution in [1.82, 2.24) is 20.5 Å². The van der Waals surface area contributed by atoms with E-state index in [1.165, 1.54) is 0 Å². The highest BCUT2D eigenvalue weighted by atomic mass is 16.5. The van der Waals surface area contributed by atoms with Gasteiger partial charge in [-0.3, -0.25) is 9.89 Å². The summed E-state index contributed by atoms with van der Waals surface area (Å²) in [5, 5.41) is 8.86. The lowest BCUT2D eigenvalue weighted by Gasteiger charge is -2.13. The standard InChI is InChI=1S/C12H15N5O2/c1-7(8-3-5-9(19-2)6-4-8)14-11(18)10-15-12(13)17-16-10/h3-7H,1-2H3,(H,14,18)(H3,13,15,16,17)/t7-/m1/s1. The van der Waals surface area contributed by atoms with Gasteiger partial charge in [0.25, 0.3) is 5.91 Å². The molecule has 1 aromatic carbocycles. The number of nitrogens with zero attached hydrogens (tertiary/aromatic N) is 2. The second kappa shape index (κ2) is 5.38. The minimum Gasteiger partial charge on any atom is -0.497 e. The summed E-state index contributed by atoms with van der Waals surface area (Å²) in [5.41, 5.74) is 6.30. The Morgan fingerprint density at radius 2 is 2.11 bits per heavy atom. The highest BCUT2D eigenvalue weighted by Gasteiger charge is 2.14. The van der Waals surface area contributed by atoms with Crippen molar-refractivity contribution >= 4 is 11.9 Å². The van der Waals surface area contributed by atoms with Crippen LogP contribution in [-0.2, 0) is 0 Å². The molecule has 0 saturated heterocycles. The zero-order valence-corrected chi connectivity index (χ0v) is 10.7. The van der Waals surface area contributed by atoms with Crippen molar-refractivity contribution in [2.45, 2.75) is 13.0 Å². The number of anilines is 1. The molecule has 0 aliphatic rings. The van der Waals surface area contributed by atoms with E-state index in [1.54, 1.807) is 7.11 Å². The summed E-state index contributed by atoms with van der Waals surface area (Å²) in [5.74, 6) is 0.554. The molecule has 100 valence electrons. The van der Waals surface area contributed by atoms with Gasteiger partial charge in [0.15, 0.2) is 0 Å². The van der Waals surface area contributed by atoms with Crippen LogP contribution in [0, 0.1) is 0 Å². The Bertz CT molecular complexity index is 564. The number of nitrogens with two attached hydrogens (primary N) is 1. The molecule has 0 aliphatic heterocycles. The maximum absolute atomic E-state index is 11.8. The molecule has 1 aromatic heterocycles. The number of carbonyl (C=O) groups excluding carboxylic acids is 1. The average molecular weight is 261 g/mol. The van der Waals surface area contributed by atoms with Gasteiger partial charge >= 0.3 is 0 Å². The first-order valence-corrected chi connectivity index (χ1v) is 5.73. The summed E-state index contributed by atoms with van der Waals surface area (Å²) in [7, 11) is 1.61. The van der Waals surface area contributed by atoms with Gasteiger partial charge in [-0.2, -0.15) is 4.98 Å².